The average Bonchev–Trinajstić information content (AvgIpc) is 1.53. The second-order valence-corrected chi connectivity index (χ2v) is 19.1. The Balaban J connectivity index is 1.05. The zero-order chi connectivity index (χ0) is 64.6. The van der Waals surface area contributed by atoms with Crippen LogP contribution in [0.4, 0.5) is 22.7 Å². The first kappa shape index (κ1) is 28.9. The van der Waals surface area contributed by atoms with Gasteiger partial charge in [-0.25, -0.2) is 4.98 Å². The maximum Gasteiger partial charge on any atom is 0.137 e. The Morgan fingerprint density at radius 1 is 0.486 bits per heavy atom. The fourth-order valence-corrected chi connectivity index (χ4v) is 9.51. The zero-order valence-corrected chi connectivity index (χ0v) is 40.0. The Hall–Kier alpha value is -8.67. The van der Waals surface area contributed by atoms with Gasteiger partial charge in [0.05, 0.1) is 52.8 Å². The van der Waals surface area contributed by atoms with Crippen molar-refractivity contribution in [2.24, 2.45) is 0 Å². The monoisotopic (exact) mass is 951 g/mol. The minimum atomic E-state index is -1.04. The van der Waals surface area contributed by atoms with Gasteiger partial charge in [0, 0.05) is 51.3 Å². The molecule has 0 saturated carbocycles. The number of nitrogens with zero attached hydrogens (tertiary/aromatic N) is 4. The molecule has 12 rings (SSSR count). The van der Waals surface area contributed by atoms with Crippen LogP contribution in [0.5, 0.6) is 11.5 Å². The van der Waals surface area contributed by atoms with Crippen molar-refractivity contribution in [3.8, 4) is 50.7 Å². The number of aromatic nitrogens is 2. The highest BCUT2D eigenvalue weighted by molar-refractivity contribution is 6.11. The lowest BCUT2D eigenvalue weighted by Gasteiger charge is -2.28. The zero-order valence-electron chi connectivity index (χ0n) is 58.0. The fraction of sp³-hybridized carbons (Fsp3) is 0.119. The van der Waals surface area contributed by atoms with Gasteiger partial charge in [-0.15, -0.1) is 0 Å². The van der Waals surface area contributed by atoms with E-state index in [0.717, 1.165) is 16.7 Å². The van der Waals surface area contributed by atoms with Crippen molar-refractivity contribution >= 4 is 44.6 Å². The van der Waals surface area contributed by atoms with Crippen molar-refractivity contribution in [1.82, 2.24) is 9.55 Å². The Bertz CT molecular complexity index is 4810. The summed E-state index contributed by atoms with van der Waals surface area (Å²) in [4.78, 5) is 8.22. The molecule has 0 spiro atoms. The molecule has 1 aliphatic rings. The molecule has 0 amide bonds. The van der Waals surface area contributed by atoms with Crippen molar-refractivity contribution in [1.29, 1.82) is 0 Å². The van der Waals surface area contributed by atoms with Crippen LogP contribution in [0.3, 0.4) is 0 Å². The maximum atomic E-state index is 9.91. The van der Waals surface area contributed by atoms with E-state index in [2.05, 4.69) is 31.8 Å². The number of anilines is 4. The summed E-state index contributed by atoms with van der Waals surface area (Å²) in [6.07, 6.45) is -0.471. The van der Waals surface area contributed by atoms with Crippen LogP contribution in [0.2, 0.25) is 0 Å². The molecule has 11 aromatic rings. The maximum absolute atomic E-state index is 9.91. The SMILES string of the molecule is [2H]c1nc(-n2c3ccc(-c4c([2H])c([2H])c([2H])c([2H])c4[2H])cc3c3c([2H])c([2H])c(Oc4cc(N5CN(c6c(-c7cccc(C(C)(C)C)c7)cccc6-c6c([2H])c([2H])c([2H])c([2H])c6[2H])c6ccccc65)c([2H])c([2H])c4[2H])cc32)c([2H])c(C(C)(C)c2ccccc2)c1[2H]. The number of pyridine rings is 1. The Morgan fingerprint density at radius 3 is 1.93 bits per heavy atom. The number of ether oxygens (including phenoxy) is 1. The first-order chi connectivity index (χ1) is 42.6. The highest BCUT2D eigenvalue weighted by Gasteiger charge is 2.32. The molecular weight excluding hydrogens is 877 g/mol. The molecule has 0 atom stereocenters. The van der Waals surface area contributed by atoms with Crippen LogP contribution >= 0.6 is 0 Å². The normalized spacial score (nSPS) is 16.2. The Kier molecular flexibility index (Phi) is 7.19. The van der Waals surface area contributed by atoms with E-state index in [0.29, 0.717) is 28.2 Å². The second kappa shape index (κ2) is 17.9. The third kappa shape index (κ3) is 8.07. The summed E-state index contributed by atoms with van der Waals surface area (Å²) in [5.41, 5.74) is 4.41. The Morgan fingerprint density at radius 2 is 1.17 bits per heavy atom. The molecule has 9 aromatic carbocycles. The molecule has 5 nitrogen and oxygen atoms in total. The van der Waals surface area contributed by atoms with Gasteiger partial charge < -0.3 is 14.5 Å². The third-order valence-corrected chi connectivity index (χ3v) is 13.3. The molecule has 0 saturated heterocycles. The van der Waals surface area contributed by atoms with Gasteiger partial charge in [0.1, 0.15) is 24.0 Å². The molecule has 0 N–H and O–H groups in total. The number of rotatable bonds is 10. The first-order valence-corrected chi connectivity index (χ1v) is 23.5. The van der Waals surface area contributed by atoms with Gasteiger partial charge >= 0.3 is 0 Å². The molecule has 2 aromatic heterocycles. The fourth-order valence-electron chi connectivity index (χ4n) is 9.51. The van der Waals surface area contributed by atoms with E-state index in [-0.39, 0.29) is 97.3 Å². The summed E-state index contributed by atoms with van der Waals surface area (Å²) in [5.74, 6) is -0.742. The summed E-state index contributed by atoms with van der Waals surface area (Å²) in [6, 6.07) is 29.2. The van der Waals surface area contributed by atoms with Crippen LogP contribution in [-0.2, 0) is 10.8 Å². The molecular formula is C67H56N4O. The quantitative estimate of drug-likeness (QED) is 0.137. The van der Waals surface area contributed by atoms with E-state index >= 15 is 0 Å². The predicted octanol–water partition coefficient (Wildman–Crippen LogP) is 17.8. The van der Waals surface area contributed by atoms with Gasteiger partial charge in [0.2, 0.25) is 0 Å². The largest absolute Gasteiger partial charge is 0.457 e. The van der Waals surface area contributed by atoms with Gasteiger partial charge in [-0.1, -0.05) is 192 Å². The van der Waals surface area contributed by atoms with Crippen LogP contribution in [0.25, 0.3) is 61.0 Å². The lowest BCUT2D eigenvalue weighted by Crippen LogP contribution is -2.25. The Labute approximate surface area is 448 Å². The van der Waals surface area contributed by atoms with E-state index in [1.54, 1.807) is 35.2 Å². The summed E-state index contributed by atoms with van der Waals surface area (Å²) in [5, 5.41) is 0.316. The van der Waals surface area contributed by atoms with Crippen LogP contribution < -0.4 is 14.5 Å². The van der Waals surface area contributed by atoms with Crippen LogP contribution in [0.1, 0.15) is 76.0 Å². The highest BCUT2D eigenvalue weighted by atomic mass is 16.5. The van der Waals surface area contributed by atoms with Crippen LogP contribution in [0, 0.1) is 0 Å². The minimum absolute atomic E-state index is 0.0326. The van der Waals surface area contributed by atoms with E-state index in [4.69, 9.17) is 17.1 Å². The summed E-state index contributed by atoms with van der Waals surface area (Å²) < 4.78 is 171. The summed E-state index contributed by atoms with van der Waals surface area (Å²) in [6.45, 7) is 9.86. The van der Waals surface area contributed by atoms with Crippen LogP contribution in [-0.4, -0.2) is 16.2 Å². The molecule has 0 unspecified atom stereocenters. The number of hydrogen-bond donors (Lipinski definition) is 0. The molecule has 5 heteroatoms. The second-order valence-electron chi connectivity index (χ2n) is 19.1. The van der Waals surface area contributed by atoms with Gasteiger partial charge in [0.25, 0.3) is 0 Å². The average molecular weight is 951 g/mol. The smallest absolute Gasteiger partial charge is 0.137 e. The van der Waals surface area contributed by atoms with Gasteiger partial charge in [-0.05, 0) is 105 Å². The summed E-state index contributed by atoms with van der Waals surface area (Å²) >= 11 is 0. The van der Waals surface area contributed by atoms with Crippen molar-refractivity contribution in [3.05, 3.63) is 253 Å². The number of para-hydroxylation sites is 3. The van der Waals surface area contributed by atoms with Gasteiger partial charge in [-0.2, -0.15) is 0 Å². The number of hydrogen-bond acceptors (Lipinski definition) is 4. The van der Waals surface area contributed by atoms with E-state index < -0.39 is 96.2 Å². The lowest BCUT2D eigenvalue weighted by atomic mass is 9.78. The molecule has 0 aliphatic carbocycles. The molecule has 72 heavy (non-hydrogen) atoms. The lowest BCUT2D eigenvalue weighted by molar-refractivity contribution is 0.483. The first-order valence-electron chi connectivity index (χ1n) is 32.5. The third-order valence-electron chi connectivity index (χ3n) is 13.3. The van der Waals surface area contributed by atoms with Crippen molar-refractivity contribution in [2.45, 2.75) is 45.4 Å². The van der Waals surface area contributed by atoms with Crippen LogP contribution in [0.15, 0.2) is 236 Å². The van der Waals surface area contributed by atoms with E-state index in [9.17, 15) is 12.3 Å². The van der Waals surface area contributed by atoms with Gasteiger partial charge in [0.15, 0.2) is 0 Å². The standard InChI is InChI=1S/C67H56N4O/c1-66(2,3)51-27-17-24-49(40-51)57-31-19-30-56(47-22-11-7-12-23-47)65(57)70-45-69(61-32-15-16-33-62(61)70)53-28-18-29-54(43-53)72-55-35-36-58-59-41-48(46-20-9-6-10-21-46)34-37-60(59)71(63(58)44-55)64-42-52(38-39-68-64)67(4,5)50-25-13-8-14-26-50/h6-44H,45H2,1-5H3/i6D,7D,9D,10D,11D,12D,18D,20D,21D,22D,23D,28D,29D,35D,36D,38D,39D,42D. The predicted molar refractivity (Wildman–Crippen MR) is 301 cm³/mol. The van der Waals surface area contributed by atoms with E-state index in [1.807, 2.05) is 85.5 Å². The molecule has 0 bridgehead atoms. The molecule has 1 aliphatic heterocycles. The van der Waals surface area contributed by atoms with Crippen molar-refractivity contribution in [2.75, 3.05) is 16.5 Å². The molecule has 0 fully saturated rings. The molecule has 350 valence electrons. The summed E-state index contributed by atoms with van der Waals surface area (Å²) in [7, 11) is 0. The highest BCUT2D eigenvalue weighted by Crippen LogP contribution is 2.51. The van der Waals surface area contributed by atoms with Crippen molar-refractivity contribution < 1.29 is 29.4 Å². The molecule has 0 radical (unpaired) electrons. The minimum Gasteiger partial charge on any atom is -0.457 e. The number of fused-ring (bicyclic) bond motifs is 4. The topological polar surface area (TPSA) is 33.5 Å². The van der Waals surface area contributed by atoms with Gasteiger partial charge in [-0.3, -0.25) is 4.57 Å². The molecule has 3 heterocycles. The number of benzene rings is 9. The van der Waals surface area contributed by atoms with E-state index in [1.165, 1.54) is 28.8 Å². The van der Waals surface area contributed by atoms with Crippen molar-refractivity contribution in [3.63, 3.8) is 0 Å².